The van der Waals surface area contributed by atoms with Crippen LogP contribution in [-0.4, -0.2) is 6.61 Å². The Bertz CT molecular complexity index is 556. The molecule has 0 N–H and O–H groups in total. The molecule has 0 unspecified atom stereocenters. The van der Waals surface area contributed by atoms with E-state index >= 15 is 0 Å². The number of hydrogen-bond donors (Lipinski definition) is 0. The summed E-state index contributed by atoms with van der Waals surface area (Å²) in [5, 5.41) is 0. The van der Waals surface area contributed by atoms with E-state index in [0.717, 1.165) is 22.6 Å². The largest absolute Gasteiger partial charge is 0.457 e. The van der Waals surface area contributed by atoms with Crippen LogP contribution in [0, 0.1) is 0 Å². The molecular weight excluding hydrogens is 236 g/mol. The molecule has 3 rings (SSSR count). The highest BCUT2D eigenvalue weighted by molar-refractivity contribution is 5.51. The van der Waals surface area contributed by atoms with E-state index in [0.29, 0.717) is 6.61 Å². The van der Waals surface area contributed by atoms with Crippen molar-refractivity contribution in [2.75, 3.05) is 6.61 Å². The van der Waals surface area contributed by atoms with Gasteiger partial charge in [0.2, 0.25) is 0 Å². The zero-order valence-electron chi connectivity index (χ0n) is 10.9. The highest BCUT2D eigenvalue weighted by Gasteiger charge is 2.26. The average Bonchev–Trinajstić information content (AvgIpc) is 2.46. The van der Waals surface area contributed by atoms with Gasteiger partial charge in [-0.15, -0.1) is 0 Å². The lowest BCUT2D eigenvalue weighted by Crippen LogP contribution is -2.13. The van der Waals surface area contributed by atoms with Crippen LogP contribution in [0.1, 0.15) is 24.2 Å². The van der Waals surface area contributed by atoms with Crippen molar-refractivity contribution >= 4 is 0 Å². The Hall–Kier alpha value is -2.06. The molecule has 1 aliphatic rings. The molecule has 0 saturated heterocycles. The molecule has 1 heterocycles. The number of para-hydroxylation sites is 2. The van der Waals surface area contributed by atoms with E-state index in [9.17, 15) is 0 Å². The monoisotopic (exact) mass is 252 g/mol. The maximum absolute atomic E-state index is 6.01. The van der Waals surface area contributed by atoms with Crippen LogP contribution in [0.25, 0.3) is 0 Å². The Labute approximate surface area is 113 Å². The molecule has 0 radical (unpaired) electrons. The van der Waals surface area contributed by atoms with E-state index in [1.807, 2.05) is 55.5 Å². The summed E-state index contributed by atoms with van der Waals surface area (Å²) in [5.41, 5.74) is 2.18. The maximum atomic E-state index is 6.01. The minimum atomic E-state index is -0.0580. The fourth-order valence-corrected chi connectivity index (χ4v) is 2.29. The molecule has 2 aromatic rings. The topological polar surface area (TPSA) is 18.5 Å². The second-order valence-electron chi connectivity index (χ2n) is 4.46. The molecule has 0 atom stereocenters. The Morgan fingerprint density at radius 2 is 1.58 bits per heavy atom. The van der Waals surface area contributed by atoms with Crippen LogP contribution in [-0.2, 0) is 4.74 Å². The van der Waals surface area contributed by atoms with E-state index in [4.69, 9.17) is 9.47 Å². The van der Waals surface area contributed by atoms with Crippen LogP contribution in [0.3, 0.4) is 0 Å². The normalized spacial score (nSPS) is 13.9. The van der Waals surface area contributed by atoms with Crippen LogP contribution >= 0.6 is 0 Å². The van der Waals surface area contributed by atoms with E-state index in [1.165, 1.54) is 0 Å². The Morgan fingerprint density at radius 1 is 1.00 bits per heavy atom. The van der Waals surface area contributed by atoms with E-state index in [-0.39, 0.29) is 6.10 Å². The number of ether oxygens (including phenoxy) is 2. The van der Waals surface area contributed by atoms with Crippen molar-refractivity contribution in [3.8, 4) is 11.5 Å². The minimum Gasteiger partial charge on any atom is -0.457 e. The molecule has 0 amide bonds. The predicted molar refractivity (Wildman–Crippen MR) is 75.6 cm³/mol. The summed E-state index contributed by atoms with van der Waals surface area (Å²) in [6.45, 7) is 2.60. The Balaban J connectivity index is 2.01. The third-order valence-corrected chi connectivity index (χ3v) is 3.22. The second-order valence-corrected chi connectivity index (χ2v) is 4.46. The summed E-state index contributed by atoms with van der Waals surface area (Å²) in [7, 11) is 0. The molecule has 1 aliphatic heterocycles. The van der Waals surface area contributed by atoms with Gasteiger partial charge in [-0.05, 0) is 19.1 Å². The lowest BCUT2D eigenvalue weighted by Gasteiger charge is -2.27. The van der Waals surface area contributed by atoms with Crippen molar-refractivity contribution in [2.24, 2.45) is 0 Å². The summed E-state index contributed by atoms with van der Waals surface area (Å²) in [6, 6.07) is 16.1. The molecule has 2 aromatic carbocycles. The SMILES string of the molecule is C/C=C/COC1c2ccccc2Oc2ccccc21. The quantitative estimate of drug-likeness (QED) is 0.750. The molecule has 0 spiro atoms. The molecule has 0 aliphatic carbocycles. The van der Waals surface area contributed by atoms with Gasteiger partial charge in [0.15, 0.2) is 0 Å². The summed E-state index contributed by atoms with van der Waals surface area (Å²) >= 11 is 0. The Kier molecular flexibility index (Phi) is 3.34. The van der Waals surface area contributed by atoms with Crippen molar-refractivity contribution in [1.29, 1.82) is 0 Å². The van der Waals surface area contributed by atoms with Gasteiger partial charge in [0.25, 0.3) is 0 Å². The van der Waals surface area contributed by atoms with Gasteiger partial charge in [0.05, 0.1) is 6.61 Å². The number of benzene rings is 2. The van der Waals surface area contributed by atoms with Crippen molar-refractivity contribution in [1.82, 2.24) is 0 Å². The summed E-state index contributed by atoms with van der Waals surface area (Å²) in [5.74, 6) is 1.76. The first kappa shape index (κ1) is 12.0. The zero-order chi connectivity index (χ0) is 13.1. The lowest BCUT2D eigenvalue weighted by molar-refractivity contribution is 0.0960. The van der Waals surface area contributed by atoms with Crippen LogP contribution < -0.4 is 4.74 Å². The fraction of sp³-hybridized carbons (Fsp3) is 0.176. The molecule has 0 fully saturated rings. The molecule has 0 aromatic heterocycles. The molecule has 0 bridgehead atoms. The van der Waals surface area contributed by atoms with Gasteiger partial charge in [-0.2, -0.15) is 0 Å². The van der Waals surface area contributed by atoms with Gasteiger partial charge in [0.1, 0.15) is 17.6 Å². The molecular formula is C17H16O2. The third kappa shape index (κ3) is 2.27. The summed E-state index contributed by atoms with van der Waals surface area (Å²) in [6.07, 6.45) is 3.95. The maximum Gasteiger partial charge on any atom is 0.133 e. The molecule has 2 heteroatoms. The van der Waals surface area contributed by atoms with Gasteiger partial charge in [-0.3, -0.25) is 0 Å². The van der Waals surface area contributed by atoms with Crippen molar-refractivity contribution in [3.63, 3.8) is 0 Å². The predicted octanol–water partition coefficient (Wildman–Crippen LogP) is 4.47. The van der Waals surface area contributed by atoms with Crippen LogP contribution in [0.4, 0.5) is 0 Å². The fourth-order valence-electron chi connectivity index (χ4n) is 2.29. The van der Waals surface area contributed by atoms with Gasteiger partial charge in [-0.25, -0.2) is 0 Å². The second kappa shape index (κ2) is 5.29. The first-order valence-corrected chi connectivity index (χ1v) is 6.48. The van der Waals surface area contributed by atoms with E-state index in [2.05, 4.69) is 12.1 Å². The van der Waals surface area contributed by atoms with Crippen LogP contribution in [0.5, 0.6) is 11.5 Å². The number of fused-ring (bicyclic) bond motifs is 2. The number of allylic oxidation sites excluding steroid dienone is 1. The first-order chi connectivity index (χ1) is 9.40. The molecule has 96 valence electrons. The van der Waals surface area contributed by atoms with Crippen LogP contribution in [0.15, 0.2) is 60.7 Å². The molecule has 19 heavy (non-hydrogen) atoms. The smallest absolute Gasteiger partial charge is 0.133 e. The number of hydrogen-bond acceptors (Lipinski definition) is 2. The van der Waals surface area contributed by atoms with Crippen LogP contribution in [0.2, 0.25) is 0 Å². The zero-order valence-corrected chi connectivity index (χ0v) is 10.9. The number of rotatable bonds is 3. The lowest BCUT2D eigenvalue weighted by atomic mass is 9.97. The highest BCUT2D eigenvalue weighted by Crippen LogP contribution is 2.44. The summed E-state index contributed by atoms with van der Waals surface area (Å²) < 4.78 is 11.9. The molecule has 2 nitrogen and oxygen atoms in total. The minimum absolute atomic E-state index is 0.0580. The molecule has 0 saturated carbocycles. The van der Waals surface area contributed by atoms with E-state index in [1.54, 1.807) is 0 Å². The average molecular weight is 252 g/mol. The van der Waals surface area contributed by atoms with Gasteiger partial charge < -0.3 is 9.47 Å². The highest BCUT2D eigenvalue weighted by atomic mass is 16.5. The van der Waals surface area contributed by atoms with Gasteiger partial charge in [0, 0.05) is 11.1 Å². The third-order valence-electron chi connectivity index (χ3n) is 3.22. The van der Waals surface area contributed by atoms with E-state index < -0.39 is 0 Å². The van der Waals surface area contributed by atoms with Gasteiger partial charge in [-0.1, -0.05) is 48.6 Å². The van der Waals surface area contributed by atoms with Gasteiger partial charge >= 0.3 is 0 Å². The summed E-state index contributed by atoms with van der Waals surface area (Å²) in [4.78, 5) is 0. The first-order valence-electron chi connectivity index (χ1n) is 6.48. The Morgan fingerprint density at radius 3 is 2.16 bits per heavy atom. The van der Waals surface area contributed by atoms with Crippen molar-refractivity contribution in [2.45, 2.75) is 13.0 Å². The standard InChI is InChI=1S/C17H16O2/c1-2-3-12-18-17-13-8-4-6-10-15(13)19-16-11-7-5-9-14(16)17/h2-11,17H,12H2,1H3/b3-2+. The van der Waals surface area contributed by atoms with Crippen molar-refractivity contribution < 1.29 is 9.47 Å². The van der Waals surface area contributed by atoms with Crippen molar-refractivity contribution in [3.05, 3.63) is 71.8 Å².